The Kier molecular flexibility index (Phi) is 6.72. The predicted octanol–water partition coefficient (Wildman–Crippen LogP) is 5.88. The molecule has 0 spiro atoms. The zero-order valence-electron chi connectivity index (χ0n) is 13.7. The maximum atomic E-state index is 11.9. The van der Waals surface area contributed by atoms with Crippen molar-refractivity contribution in [3.63, 3.8) is 0 Å². The van der Waals surface area contributed by atoms with Gasteiger partial charge in [0.1, 0.15) is 11.5 Å². The van der Waals surface area contributed by atoms with Crippen molar-refractivity contribution >= 4 is 34.2 Å². The van der Waals surface area contributed by atoms with E-state index < -0.39 is 11.0 Å². The first kappa shape index (κ1) is 18.8. The van der Waals surface area contributed by atoms with E-state index in [2.05, 4.69) is 0 Å². The number of rotatable bonds is 6. The SMILES string of the molecule is CCOC(=O)SP(=S)(Oc1ccc(C)cc1)Oc1cccc(C)c1. The molecular weight excluding hydrogens is 363 g/mol. The molecule has 0 aromatic heterocycles. The summed E-state index contributed by atoms with van der Waals surface area (Å²) in [5.74, 6) is 1.13. The Bertz CT molecular complexity index is 747. The Labute approximate surface area is 151 Å². The highest BCUT2D eigenvalue weighted by molar-refractivity contribution is 8.73. The van der Waals surface area contributed by atoms with Crippen LogP contribution in [0.15, 0.2) is 48.5 Å². The van der Waals surface area contributed by atoms with E-state index in [0.717, 1.165) is 22.5 Å². The monoisotopic (exact) mass is 382 g/mol. The maximum absolute atomic E-state index is 11.9. The predicted molar refractivity (Wildman–Crippen MR) is 103 cm³/mol. The zero-order valence-corrected chi connectivity index (χ0v) is 16.3. The van der Waals surface area contributed by atoms with Crippen molar-refractivity contribution in [1.29, 1.82) is 0 Å². The van der Waals surface area contributed by atoms with Crippen LogP contribution in [0.1, 0.15) is 18.1 Å². The van der Waals surface area contributed by atoms with Gasteiger partial charge in [0.2, 0.25) is 0 Å². The van der Waals surface area contributed by atoms with Gasteiger partial charge in [-0.3, -0.25) is 0 Å². The Hall–Kier alpha value is -1.49. The largest absolute Gasteiger partial charge is 0.457 e. The Morgan fingerprint density at radius 1 is 1.04 bits per heavy atom. The summed E-state index contributed by atoms with van der Waals surface area (Å²) in [5, 5.41) is -0.499. The summed E-state index contributed by atoms with van der Waals surface area (Å²) in [7, 11) is 0. The molecule has 1 atom stereocenters. The van der Waals surface area contributed by atoms with Crippen molar-refractivity contribution in [2.75, 3.05) is 6.61 Å². The third-order valence-corrected chi connectivity index (χ3v) is 6.94. The molecule has 0 N–H and O–H groups in total. The second-order valence-electron chi connectivity index (χ2n) is 5.03. The van der Waals surface area contributed by atoms with Gasteiger partial charge >= 0.3 is 11.0 Å². The molecule has 0 amide bonds. The normalized spacial score (nSPS) is 13.0. The molecule has 2 aromatic rings. The van der Waals surface area contributed by atoms with Gasteiger partial charge in [-0.15, -0.1) is 0 Å². The molecular formula is C17H19O4PS2. The van der Waals surface area contributed by atoms with E-state index in [9.17, 15) is 4.79 Å². The molecule has 2 rings (SSSR count). The van der Waals surface area contributed by atoms with E-state index in [1.165, 1.54) is 0 Å². The number of aryl methyl sites for hydroxylation is 2. The molecule has 24 heavy (non-hydrogen) atoms. The highest BCUT2D eigenvalue weighted by atomic mass is 32.9. The molecule has 0 bridgehead atoms. The minimum Gasteiger partial charge on any atom is -0.457 e. The van der Waals surface area contributed by atoms with Crippen LogP contribution < -0.4 is 9.05 Å². The lowest BCUT2D eigenvalue weighted by Crippen LogP contribution is -2.03. The van der Waals surface area contributed by atoms with Gasteiger partial charge < -0.3 is 13.8 Å². The second-order valence-corrected chi connectivity index (χ2v) is 10.9. The van der Waals surface area contributed by atoms with Crippen molar-refractivity contribution in [2.24, 2.45) is 0 Å². The minimum atomic E-state index is -3.01. The van der Waals surface area contributed by atoms with Crippen LogP contribution in [0.25, 0.3) is 0 Å². The highest BCUT2D eigenvalue weighted by Gasteiger charge is 2.29. The third kappa shape index (κ3) is 5.86. The second kappa shape index (κ2) is 8.56. The number of carbonyl (C=O) groups excluding carboxylic acids is 1. The summed E-state index contributed by atoms with van der Waals surface area (Å²) in [6.07, 6.45) is 0. The summed E-state index contributed by atoms with van der Waals surface area (Å²) < 4.78 is 16.8. The molecule has 0 fully saturated rings. The first-order valence-corrected chi connectivity index (χ1v) is 11.4. The number of hydrogen-bond acceptors (Lipinski definition) is 6. The molecule has 0 heterocycles. The summed E-state index contributed by atoms with van der Waals surface area (Å²) in [6.45, 7) is 5.95. The van der Waals surface area contributed by atoms with E-state index >= 15 is 0 Å². The van der Waals surface area contributed by atoms with Gasteiger partial charge in [-0.25, -0.2) is 4.79 Å². The van der Waals surface area contributed by atoms with E-state index in [4.69, 9.17) is 25.6 Å². The highest BCUT2D eigenvalue weighted by Crippen LogP contribution is 2.60. The molecule has 128 valence electrons. The molecule has 0 saturated carbocycles. The number of ether oxygens (including phenoxy) is 1. The molecule has 2 aromatic carbocycles. The van der Waals surface area contributed by atoms with Gasteiger partial charge in [-0.05, 0) is 50.6 Å². The van der Waals surface area contributed by atoms with Crippen LogP contribution in [-0.2, 0) is 16.5 Å². The topological polar surface area (TPSA) is 44.8 Å². The quantitative estimate of drug-likeness (QED) is 0.459. The van der Waals surface area contributed by atoms with Crippen molar-refractivity contribution < 1.29 is 18.6 Å². The van der Waals surface area contributed by atoms with Crippen LogP contribution >= 0.6 is 17.1 Å². The molecule has 7 heteroatoms. The summed E-state index contributed by atoms with van der Waals surface area (Å²) in [5.41, 5.74) is -0.871. The van der Waals surface area contributed by atoms with Gasteiger partial charge in [0, 0.05) is 11.8 Å². The minimum absolute atomic E-state index is 0.274. The van der Waals surface area contributed by atoms with Gasteiger partial charge in [-0.2, -0.15) is 0 Å². The Balaban J connectivity index is 2.24. The molecule has 1 unspecified atom stereocenters. The third-order valence-electron chi connectivity index (χ3n) is 2.89. The summed E-state index contributed by atoms with van der Waals surface area (Å²) in [4.78, 5) is 11.9. The molecule has 0 aliphatic rings. The lowest BCUT2D eigenvalue weighted by molar-refractivity contribution is 0.182. The fraction of sp³-hybridized carbons (Fsp3) is 0.235. The molecule has 4 nitrogen and oxygen atoms in total. The maximum Gasteiger partial charge on any atom is 0.378 e. The van der Waals surface area contributed by atoms with Crippen molar-refractivity contribution in [3.8, 4) is 11.5 Å². The van der Waals surface area contributed by atoms with Crippen molar-refractivity contribution in [2.45, 2.75) is 20.8 Å². The first-order chi connectivity index (χ1) is 11.4. The Morgan fingerprint density at radius 3 is 2.33 bits per heavy atom. The van der Waals surface area contributed by atoms with Gasteiger partial charge in [0.05, 0.1) is 18.0 Å². The summed E-state index contributed by atoms with van der Waals surface area (Å²) >= 11 is 6.35. The Morgan fingerprint density at radius 2 is 1.71 bits per heavy atom. The van der Waals surface area contributed by atoms with Crippen molar-refractivity contribution in [1.82, 2.24) is 0 Å². The van der Waals surface area contributed by atoms with Crippen molar-refractivity contribution in [3.05, 3.63) is 59.7 Å². The fourth-order valence-corrected chi connectivity index (χ4v) is 5.55. The van der Waals surface area contributed by atoms with Crippen LogP contribution in [0.2, 0.25) is 0 Å². The van der Waals surface area contributed by atoms with Gasteiger partial charge in [0.25, 0.3) is 0 Å². The summed E-state index contributed by atoms with van der Waals surface area (Å²) in [6, 6.07) is 14.9. The standard InChI is InChI=1S/C17H19O4PS2/c1-4-19-17(18)24-22(23,20-15-10-8-13(2)9-11-15)21-16-7-5-6-14(3)12-16/h5-12H,4H2,1-3H3. The average molecular weight is 382 g/mol. The molecule has 0 aliphatic carbocycles. The zero-order chi connectivity index (χ0) is 17.6. The smallest absolute Gasteiger partial charge is 0.378 e. The number of benzene rings is 2. The number of carbonyl (C=O) groups is 1. The van der Waals surface area contributed by atoms with Crippen LogP contribution in [0.4, 0.5) is 4.79 Å². The molecule has 0 saturated heterocycles. The first-order valence-electron chi connectivity index (χ1n) is 7.39. The van der Waals surface area contributed by atoms with Crippen LogP contribution in [0.3, 0.4) is 0 Å². The van der Waals surface area contributed by atoms with Gasteiger partial charge in [-0.1, -0.05) is 29.8 Å². The van der Waals surface area contributed by atoms with Gasteiger partial charge in [0.15, 0.2) is 0 Å². The number of hydrogen-bond donors (Lipinski definition) is 0. The fourth-order valence-electron chi connectivity index (χ4n) is 1.82. The molecule has 0 aliphatic heterocycles. The van der Waals surface area contributed by atoms with E-state index in [0.29, 0.717) is 11.5 Å². The van der Waals surface area contributed by atoms with E-state index in [1.807, 2.05) is 56.3 Å². The van der Waals surface area contributed by atoms with Crippen LogP contribution in [-0.4, -0.2) is 11.9 Å². The van der Waals surface area contributed by atoms with Crippen LogP contribution in [0, 0.1) is 13.8 Å². The van der Waals surface area contributed by atoms with E-state index in [-0.39, 0.29) is 6.61 Å². The van der Waals surface area contributed by atoms with Crippen LogP contribution in [0.5, 0.6) is 11.5 Å². The molecule has 0 radical (unpaired) electrons. The van der Waals surface area contributed by atoms with E-state index in [1.54, 1.807) is 13.0 Å². The lowest BCUT2D eigenvalue weighted by Gasteiger charge is -2.22. The average Bonchev–Trinajstić information content (AvgIpc) is 2.49. The lowest BCUT2D eigenvalue weighted by atomic mass is 10.2.